The van der Waals surface area contributed by atoms with Crippen molar-refractivity contribution in [3.05, 3.63) is 17.8 Å². The number of pyridine rings is 1. The van der Waals surface area contributed by atoms with Gasteiger partial charge in [0.2, 0.25) is 0 Å². The molecule has 2 rings (SSSR count). The van der Waals surface area contributed by atoms with Gasteiger partial charge in [-0.2, -0.15) is 0 Å². The van der Waals surface area contributed by atoms with Crippen LogP contribution in [-0.2, 0) is 0 Å². The second-order valence-corrected chi connectivity index (χ2v) is 4.15. The van der Waals surface area contributed by atoms with Crippen LogP contribution in [0.1, 0.15) is 23.2 Å². The average Bonchev–Trinajstić information content (AvgIpc) is 3.10. The summed E-state index contributed by atoms with van der Waals surface area (Å²) in [4.78, 5) is 17.4. The zero-order valence-electron chi connectivity index (χ0n) is 9.47. The van der Waals surface area contributed by atoms with E-state index in [0.29, 0.717) is 29.7 Å². The molecule has 17 heavy (non-hydrogen) atoms. The van der Waals surface area contributed by atoms with Crippen molar-refractivity contribution < 1.29 is 9.90 Å². The van der Waals surface area contributed by atoms with Crippen molar-refractivity contribution in [1.82, 2.24) is 4.98 Å². The number of aromatic nitrogens is 1. The van der Waals surface area contributed by atoms with Crippen molar-refractivity contribution in [3.63, 3.8) is 0 Å². The molecule has 1 saturated carbocycles. The Labute approximate surface area is 99.2 Å². The number of carbonyl (C=O) groups excluding carboxylic acids is 1. The minimum Gasteiger partial charge on any atom is -0.397 e. The zero-order valence-corrected chi connectivity index (χ0v) is 9.47. The van der Waals surface area contributed by atoms with Crippen LogP contribution in [0.25, 0.3) is 0 Å². The maximum Gasteiger partial charge on any atom is 0.252 e. The third-order valence-corrected chi connectivity index (χ3v) is 2.75. The molecule has 0 aliphatic heterocycles. The monoisotopic (exact) mass is 236 g/mol. The fourth-order valence-electron chi connectivity index (χ4n) is 1.84. The summed E-state index contributed by atoms with van der Waals surface area (Å²) in [7, 11) is 0. The van der Waals surface area contributed by atoms with Crippen LogP contribution in [0.4, 0.5) is 11.5 Å². The van der Waals surface area contributed by atoms with Gasteiger partial charge >= 0.3 is 0 Å². The topological polar surface area (TPSA) is 105 Å². The van der Waals surface area contributed by atoms with Crippen LogP contribution in [0.3, 0.4) is 0 Å². The Morgan fingerprint density at radius 1 is 1.59 bits per heavy atom. The second-order valence-electron chi connectivity index (χ2n) is 4.15. The molecule has 0 saturated heterocycles. The van der Waals surface area contributed by atoms with E-state index in [0.717, 1.165) is 12.8 Å². The predicted octanol–water partition coefficient (Wildman–Crippen LogP) is -0.276. The molecule has 1 aliphatic rings. The third kappa shape index (κ3) is 2.47. The van der Waals surface area contributed by atoms with Crippen LogP contribution in [0.15, 0.2) is 12.3 Å². The molecule has 1 aromatic rings. The van der Waals surface area contributed by atoms with Crippen molar-refractivity contribution in [3.8, 4) is 0 Å². The van der Waals surface area contributed by atoms with E-state index in [1.54, 1.807) is 0 Å². The number of carbonyl (C=O) groups is 1. The maximum absolute atomic E-state index is 11.4. The Morgan fingerprint density at radius 2 is 2.29 bits per heavy atom. The number of nitrogens with two attached hydrogens (primary N) is 2. The van der Waals surface area contributed by atoms with E-state index in [4.69, 9.17) is 16.6 Å². The number of aliphatic hydroxyl groups excluding tert-OH is 1. The number of hydrogen-bond acceptors (Lipinski definition) is 5. The van der Waals surface area contributed by atoms with E-state index < -0.39 is 5.91 Å². The van der Waals surface area contributed by atoms with Crippen LogP contribution in [0.5, 0.6) is 0 Å². The molecule has 1 aliphatic carbocycles. The summed E-state index contributed by atoms with van der Waals surface area (Å²) in [6.45, 7) is 0.461. The van der Waals surface area contributed by atoms with Gasteiger partial charge in [0.25, 0.3) is 5.91 Å². The van der Waals surface area contributed by atoms with Crippen molar-refractivity contribution in [2.24, 2.45) is 5.73 Å². The van der Waals surface area contributed by atoms with Crippen molar-refractivity contribution in [2.45, 2.75) is 18.9 Å². The molecule has 92 valence electrons. The highest BCUT2D eigenvalue weighted by atomic mass is 16.3. The third-order valence-electron chi connectivity index (χ3n) is 2.75. The molecule has 1 amide bonds. The van der Waals surface area contributed by atoms with Gasteiger partial charge in [-0.15, -0.1) is 0 Å². The first-order chi connectivity index (χ1) is 8.13. The lowest BCUT2D eigenvalue weighted by atomic mass is 10.2. The summed E-state index contributed by atoms with van der Waals surface area (Å²) in [5, 5.41) is 9.05. The molecule has 0 spiro atoms. The Bertz CT molecular complexity index is 431. The molecular weight excluding hydrogens is 220 g/mol. The van der Waals surface area contributed by atoms with Crippen molar-refractivity contribution in [2.75, 3.05) is 23.8 Å². The van der Waals surface area contributed by atoms with Gasteiger partial charge in [0, 0.05) is 12.6 Å². The maximum atomic E-state index is 11.4. The minimum absolute atomic E-state index is 0.0146. The number of primary amides is 1. The Kier molecular flexibility index (Phi) is 3.14. The molecule has 1 fully saturated rings. The Morgan fingerprint density at radius 3 is 2.82 bits per heavy atom. The molecule has 0 radical (unpaired) electrons. The molecule has 6 heteroatoms. The van der Waals surface area contributed by atoms with Gasteiger partial charge in [-0.3, -0.25) is 4.79 Å². The molecule has 0 bridgehead atoms. The number of hydrogen-bond donors (Lipinski definition) is 3. The highest BCUT2D eigenvalue weighted by Crippen LogP contribution is 2.32. The molecule has 1 aromatic heterocycles. The zero-order chi connectivity index (χ0) is 12.4. The molecule has 0 atom stereocenters. The van der Waals surface area contributed by atoms with Gasteiger partial charge in [0.05, 0.1) is 24.1 Å². The van der Waals surface area contributed by atoms with E-state index in [1.165, 1.54) is 12.3 Å². The molecule has 5 N–H and O–H groups in total. The highest BCUT2D eigenvalue weighted by molar-refractivity contribution is 5.98. The number of nitrogens with zero attached hydrogens (tertiary/aromatic N) is 2. The fraction of sp³-hybridized carbons (Fsp3) is 0.455. The van der Waals surface area contributed by atoms with Crippen LogP contribution >= 0.6 is 0 Å². The summed E-state index contributed by atoms with van der Waals surface area (Å²) in [5.41, 5.74) is 11.6. The fourth-order valence-corrected chi connectivity index (χ4v) is 1.84. The van der Waals surface area contributed by atoms with E-state index >= 15 is 0 Å². The quantitative estimate of drug-likeness (QED) is 0.652. The highest BCUT2D eigenvalue weighted by Gasteiger charge is 2.31. The lowest BCUT2D eigenvalue weighted by Crippen LogP contribution is -2.32. The summed E-state index contributed by atoms with van der Waals surface area (Å²) >= 11 is 0. The molecular formula is C11H16N4O2. The first kappa shape index (κ1) is 11.7. The largest absolute Gasteiger partial charge is 0.397 e. The summed E-state index contributed by atoms with van der Waals surface area (Å²) in [5.74, 6) is -0.0355. The van der Waals surface area contributed by atoms with Crippen molar-refractivity contribution >= 4 is 17.4 Å². The lowest BCUT2D eigenvalue weighted by molar-refractivity contribution is 0.100. The van der Waals surface area contributed by atoms with Crippen molar-refractivity contribution in [1.29, 1.82) is 0 Å². The number of nitrogen functional groups attached to an aromatic ring is 1. The first-order valence-electron chi connectivity index (χ1n) is 5.56. The van der Waals surface area contributed by atoms with Gasteiger partial charge < -0.3 is 21.5 Å². The van der Waals surface area contributed by atoms with Gasteiger partial charge in [-0.25, -0.2) is 4.98 Å². The number of aliphatic hydroxyl groups is 1. The normalized spacial score (nSPS) is 14.6. The first-order valence-corrected chi connectivity index (χ1v) is 5.56. The number of anilines is 2. The van der Waals surface area contributed by atoms with Gasteiger partial charge in [-0.1, -0.05) is 0 Å². The predicted molar refractivity (Wildman–Crippen MR) is 64.6 cm³/mol. The Hall–Kier alpha value is -1.82. The second kappa shape index (κ2) is 4.58. The summed E-state index contributed by atoms with van der Waals surface area (Å²) < 4.78 is 0. The average molecular weight is 236 g/mol. The SMILES string of the molecule is NC(=O)c1cc(N)cnc1N(CCO)C1CC1. The van der Waals surface area contributed by atoms with Crippen LogP contribution < -0.4 is 16.4 Å². The number of rotatable bonds is 5. The molecule has 1 heterocycles. The molecule has 0 unspecified atom stereocenters. The van der Waals surface area contributed by atoms with Crippen LogP contribution in [0, 0.1) is 0 Å². The molecule has 6 nitrogen and oxygen atoms in total. The standard InChI is InChI=1S/C11H16N4O2/c12-7-5-9(10(13)17)11(14-6-7)15(3-4-16)8-1-2-8/h5-6,8,16H,1-4,12H2,(H2,13,17). The van der Waals surface area contributed by atoms with E-state index in [2.05, 4.69) is 4.98 Å². The van der Waals surface area contributed by atoms with Crippen LogP contribution in [-0.4, -0.2) is 35.2 Å². The van der Waals surface area contributed by atoms with E-state index in [1.807, 2.05) is 4.90 Å². The van der Waals surface area contributed by atoms with Gasteiger partial charge in [0.1, 0.15) is 5.82 Å². The summed E-state index contributed by atoms with van der Waals surface area (Å²) in [6.07, 6.45) is 3.59. The minimum atomic E-state index is -0.552. The van der Waals surface area contributed by atoms with E-state index in [-0.39, 0.29) is 6.61 Å². The van der Waals surface area contributed by atoms with E-state index in [9.17, 15) is 4.79 Å². The van der Waals surface area contributed by atoms with Crippen LogP contribution in [0.2, 0.25) is 0 Å². The number of amides is 1. The van der Waals surface area contributed by atoms with Gasteiger partial charge in [-0.05, 0) is 18.9 Å². The summed E-state index contributed by atoms with van der Waals surface area (Å²) in [6, 6.07) is 1.87. The smallest absolute Gasteiger partial charge is 0.252 e. The Balaban J connectivity index is 2.37. The van der Waals surface area contributed by atoms with Gasteiger partial charge in [0.15, 0.2) is 0 Å². The lowest BCUT2D eigenvalue weighted by Gasteiger charge is -2.24. The molecule has 0 aromatic carbocycles.